The minimum Gasteiger partial charge on any atom is -0.319 e. The monoisotopic (exact) mass is 364 g/mol. The molecule has 0 bridgehead atoms. The summed E-state index contributed by atoms with van der Waals surface area (Å²) in [6, 6.07) is 14.4. The molecule has 5 nitrogen and oxygen atoms in total. The predicted molar refractivity (Wildman–Crippen MR) is 106 cm³/mol. The van der Waals surface area contributed by atoms with E-state index in [1.807, 2.05) is 44.5 Å². The van der Waals surface area contributed by atoms with Gasteiger partial charge in [0, 0.05) is 18.5 Å². The molecule has 0 saturated carbocycles. The molecule has 26 heavy (non-hydrogen) atoms. The van der Waals surface area contributed by atoms with Gasteiger partial charge in [0.1, 0.15) is 5.69 Å². The quantitative estimate of drug-likeness (QED) is 0.535. The van der Waals surface area contributed by atoms with Crippen LogP contribution in [0.1, 0.15) is 36.1 Å². The zero-order valence-corrected chi connectivity index (χ0v) is 16.0. The summed E-state index contributed by atoms with van der Waals surface area (Å²) in [7, 11) is 1.95. The lowest BCUT2D eigenvalue weighted by Crippen LogP contribution is -2.16. The van der Waals surface area contributed by atoms with Gasteiger partial charge in [-0.3, -0.25) is 9.48 Å². The fourth-order valence-corrected chi connectivity index (χ4v) is 4.33. The van der Waals surface area contributed by atoms with Crippen molar-refractivity contribution < 1.29 is 4.79 Å². The smallest absolute Gasteiger partial charge is 0.297 e. The number of hydrogen-bond donors (Lipinski definition) is 0. The molecule has 2 aromatic heterocycles. The molecule has 0 N–H and O–H groups in total. The minimum absolute atomic E-state index is 0.109. The van der Waals surface area contributed by atoms with Crippen molar-refractivity contribution in [1.82, 2.24) is 14.3 Å². The molecular weight excluding hydrogens is 344 g/mol. The molecule has 4 rings (SSSR count). The summed E-state index contributed by atoms with van der Waals surface area (Å²) in [5, 5.41) is 6.78. The molecule has 0 saturated heterocycles. The molecule has 2 aromatic carbocycles. The Hall–Kier alpha value is -2.73. The first kappa shape index (κ1) is 16.7. The summed E-state index contributed by atoms with van der Waals surface area (Å²) in [5.74, 6) is -0.259. The number of hydrogen-bond acceptors (Lipinski definition) is 3. The molecule has 4 aromatic rings. The second-order valence-electron chi connectivity index (χ2n) is 6.70. The van der Waals surface area contributed by atoms with Crippen molar-refractivity contribution in [2.75, 3.05) is 0 Å². The van der Waals surface area contributed by atoms with E-state index in [1.54, 1.807) is 22.1 Å². The van der Waals surface area contributed by atoms with E-state index in [9.17, 15) is 4.79 Å². The number of thiazole rings is 1. The van der Waals surface area contributed by atoms with Gasteiger partial charge in [0.25, 0.3) is 5.91 Å². The Morgan fingerprint density at radius 2 is 1.96 bits per heavy atom. The van der Waals surface area contributed by atoms with E-state index >= 15 is 0 Å². The highest BCUT2D eigenvalue weighted by atomic mass is 32.1. The van der Waals surface area contributed by atoms with Crippen LogP contribution in [0.25, 0.3) is 21.0 Å². The third-order valence-electron chi connectivity index (χ3n) is 4.46. The number of carbonyl (C=O) groups is 1. The molecule has 0 fully saturated rings. The summed E-state index contributed by atoms with van der Waals surface area (Å²) in [5.41, 5.74) is 2.43. The zero-order chi connectivity index (χ0) is 18.4. The predicted octanol–water partition coefficient (Wildman–Crippen LogP) is 4.22. The molecule has 0 aliphatic carbocycles. The third-order valence-corrected chi connectivity index (χ3v) is 5.64. The summed E-state index contributed by atoms with van der Waals surface area (Å²) in [6.07, 6.45) is 0. The highest BCUT2D eigenvalue weighted by molar-refractivity contribution is 7.17. The fourth-order valence-electron chi connectivity index (χ4n) is 3.18. The minimum atomic E-state index is -0.259. The van der Waals surface area contributed by atoms with Gasteiger partial charge in [-0.15, -0.1) is 0 Å². The Morgan fingerprint density at radius 3 is 2.73 bits per heavy atom. The highest BCUT2D eigenvalue weighted by Gasteiger charge is 2.16. The number of aryl methyl sites for hydroxylation is 2. The van der Waals surface area contributed by atoms with E-state index in [4.69, 9.17) is 0 Å². The first-order valence-corrected chi connectivity index (χ1v) is 9.40. The third kappa shape index (κ3) is 2.66. The fraction of sp³-hybridized carbons (Fsp3) is 0.250. The highest BCUT2D eigenvalue weighted by Crippen LogP contribution is 2.27. The number of fused-ring (bicyclic) bond motifs is 3. The standard InChI is InChI=1S/C20H20N4OS/c1-12(2)24-17(11-13(3)22-24)19(25)21-20-23(4)16-10-9-14-7-5-6-8-15(14)18(16)26-20/h5-12H,1-4H3. The molecule has 0 atom stereocenters. The van der Waals surface area contributed by atoms with Crippen LogP contribution in [-0.2, 0) is 7.05 Å². The Balaban J connectivity index is 1.90. The lowest BCUT2D eigenvalue weighted by molar-refractivity contribution is 0.0986. The number of carbonyl (C=O) groups excluding carboxylic acids is 1. The SMILES string of the molecule is Cc1cc(C(=O)N=c2sc3c4ccccc4ccc3n2C)n(C(C)C)n1. The number of nitrogens with zero attached hydrogens (tertiary/aromatic N) is 4. The number of benzene rings is 2. The van der Waals surface area contributed by atoms with E-state index in [1.165, 1.54) is 10.8 Å². The Morgan fingerprint density at radius 1 is 1.19 bits per heavy atom. The molecule has 0 spiro atoms. The van der Waals surface area contributed by atoms with Crippen molar-refractivity contribution in [1.29, 1.82) is 0 Å². The van der Waals surface area contributed by atoms with Gasteiger partial charge in [-0.2, -0.15) is 10.1 Å². The van der Waals surface area contributed by atoms with Crippen molar-refractivity contribution in [3.05, 3.63) is 58.7 Å². The van der Waals surface area contributed by atoms with E-state index in [-0.39, 0.29) is 11.9 Å². The van der Waals surface area contributed by atoms with Crippen LogP contribution in [-0.4, -0.2) is 20.3 Å². The number of amides is 1. The number of aromatic nitrogens is 3. The molecule has 2 heterocycles. The van der Waals surface area contributed by atoms with Crippen LogP contribution in [0.3, 0.4) is 0 Å². The summed E-state index contributed by atoms with van der Waals surface area (Å²) < 4.78 is 4.86. The van der Waals surface area contributed by atoms with Gasteiger partial charge in [-0.05, 0) is 38.3 Å². The maximum absolute atomic E-state index is 12.8. The van der Waals surface area contributed by atoms with E-state index < -0.39 is 0 Å². The first-order chi connectivity index (χ1) is 12.5. The van der Waals surface area contributed by atoms with Crippen LogP contribution in [0, 0.1) is 6.92 Å². The van der Waals surface area contributed by atoms with Crippen LogP contribution in [0.2, 0.25) is 0 Å². The molecule has 1 amide bonds. The summed E-state index contributed by atoms with van der Waals surface area (Å²) in [6.45, 7) is 5.91. The second kappa shape index (κ2) is 6.21. The van der Waals surface area contributed by atoms with Gasteiger partial charge >= 0.3 is 0 Å². The van der Waals surface area contributed by atoms with Crippen LogP contribution in [0.15, 0.2) is 47.5 Å². The van der Waals surface area contributed by atoms with Crippen molar-refractivity contribution in [2.24, 2.45) is 12.0 Å². The molecule has 132 valence electrons. The van der Waals surface area contributed by atoms with E-state index in [0.29, 0.717) is 10.5 Å². The van der Waals surface area contributed by atoms with Gasteiger partial charge in [0.15, 0.2) is 4.80 Å². The van der Waals surface area contributed by atoms with Crippen molar-refractivity contribution in [3.8, 4) is 0 Å². The first-order valence-electron chi connectivity index (χ1n) is 8.58. The maximum atomic E-state index is 12.8. The van der Waals surface area contributed by atoms with Crippen molar-refractivity contribution >= 4 is 38.2 Å². The van der Waals surface area contributed by atoms with Gasteiger partial charge < -0.3 is 4.57 Å². The number of rotatable bonds is 2. The Kier molecular flexibility index (Phi) is 4.00. The average molecular weight is 364 g/mol. The summed E-state index contributed by atoms with van der Waals surface area (Å²) >= 11 is 1.54. The van der Waals surface area contributed by atoms with Crippen LogP contribution in [0.5, 0.6) is 0 Å². The zero-order valence-electron chi connectivity index (χ0n) is 15.2. The molecule has 6 heteroatoms. The molecule has 0 aliphatic heterocycles. The lowest BCUT2D eigenvalue weighted by Gasteiger charge is -2.07. The topological polar surface area (TPSA) is 52.2 Å². The Bertz CT molecular complexity index is 1210. The van der Waals surface area contributed by atoms with Crippen molar-refractivity contribution in [2.45, 2.75) is 26.8 Å². The van der Waals surface area contributed by atoms with Gasteiger partial charge in [0.2, 0.25) is 0 Å². The van der Waals surface area contributed by atoms with E-state index in [0.717, 1.165) is 15.9 Å². The molecule has 0 radical (unpaired) electrons. The second-order valence-corrected chi connectivity index (χ2v) is 7.68. The molecular formula is C20H20N4OS. The van der Waals surface area contributed by atoms with E-state index in [2.05, 4.69) is 34.4 Å². The maximum Gasteiger partial charge on any atom is 0.297 e. The Labute approximate surface area is 155 Å². The molecule has 0 unspecified atom stereocenters. The van der Waals surface area contributed by atoms with Gasteiger partial charge in [0.05, 0.1) is 15.9 Å². The van der Waals surface area contributed by atoms with Gasteiger partial charge in [-0.1, -0.05) is 41.7 Å². The van der Waals surface area contributed by atoms with Crippen LogP contribution >= 0.6 is 11.3 Å². The lowest BCUT2D eigenvalue weighted by atomic mass is 10.1. The summed E-state index contributed by atoms with van der Waals surface area (Å²) in [4.78, 5) is 17.9. The van der Waals surface area contributed by atoms with Crippen LogP contribution < -0.4 is 4.80 Å². The largest absolute Gasteiger partial charge is 0.319 e. The van der Waals surface area contributed by atoms with Crippen LogP contribution in [0.4, 0.5) is 0 Å². The van der Waals surface area contributed by atoms with Crippen molar-refractivity contribution in [3.63, 3.8) is 0 Å². The average Bonchev–Trinajstić information content (AvgIpc) is 3.16. The molecule has 0 aliphatic rings. The van der Waals surface area contributed by atoms with Gasteiger partial charge in [-0.25, -0.2) is 0 Å². The normalized spacial score (nSPS) is 12.6.